The van der Waals surface area contributed by atoms with Crippen LogP contribution in [-0.4, -0.2) is 56.5 Å². The molecule has 1 amide bonds. The van der Waals surface area contributed by atoms with Gasteiger partial charge >= 0.3 is 0 Å². The molecule has 0 aromatic heterocycles. The summed E-state index contributed by atoms with van der Waals surface area (Å²) in [6.07, 6.45) is 1.18. The maximum atomic E-state index is 12.2. The summed E-state index contributed by atoms with van der Waals surface area (Å²) in [6, 6.07) is 6.22. The highest BCUT2D eigenvalue weighted by atomic mass is 16.7. The quantitative estimate of drug-likeness (QED) is 0.814. The van der Waals surface area contributed by atoms with Crippen LogP contribution in [0, 0.1) is 5.92 Å². The normalized spacial score (nSPS) is 18.4. The fourth-order valence-corrected chi connectivity index (χ4v) is 3.36. The maximum absolute atomic E-state index is 12.2. The van der Waals surface area contributed by atoms with Crippen molar-refractivity contribution in [2.75, 3.05) is 39.6 Å². The summed E-state index contributed by atoms with van der Waals surface area (Å²) in [7, 11) is 0. The second-order valence-electron chi connectivity index (χ2n) is 6.95. The molecule has 0 aliphatic carbocycles. The van der Waals surface area contributed by atoms with E-state index in [1.165, 1.54) is 0 Å². The number of carbonyl (C=O) groups excluding carboxylic acids is 1. The van der Waals surface area contributed by atoms with E-state index in [2.05, 4.69) is 24.1 Å². The molecule has 0 radical (unpaired) electrons. The molecule has 2 aliphatic rings. The lowest BCUT2D eigenvalue weighted by Crippen LogP contribution is -2.51. The predicted molar refractivity (Wildman–Crippen MR) is 94.9 cm³/mol. The first-order valence-electron chi connectivity index (χ1n) is 9.10. The van der Waals surface area contributed by atoms with E-state index < -0.39 is 0 Å². The first-order chi connectivity index (χ1) is 12.1. The molecule has 1 N–H and O–H groups in total. The van der Waals surface area contributed by atoms with Crippen molar-refractivity contribution in [3.05, 3.63) is 23.8 Å². The van der Waals surface area contributed by atoms with Crippen LogP contribution in [-0.2, 0) is 16.0 Å². The Hall–Kier alpha value is -1.79. The number of amides is 1. The number of carbonyl (C=O) groups is 1. The van der Waals surface area contributed by atoms with E-state index in [0.717, 1.165) is 43.4 Å². The zero-order chi connectivity index (χ0) is 17.6. The van der Waals surface area contributed by atoms with Crippen molar-refractivity contribution < 1.29 is 19.0 Å². The lowest BCUT2D eigenvalue weighted by atomic mass is 10.0. The average molecular weight is 348 g/mol. The largest absolute Gasteiger partial charge is 0.454 e. The highest BCUT2D eigenvalue weighted by molar-refractivity contribution is 5.76. The molecular weight excluding hydrogens is 320 g/mol. The third-order valence-corrected chi connectivity index (χ3v) is 4.87. The molecule has 138 valence electrons. The van der Waals surface area contributed by atoms with Crippen molar-refractivity contribution in [3.8, 4) is 11.5 Å². The molecule has 6 heteroatoms. The lowest BCUT2D eigenvalue weighted by molar-refractivity contribution is -0.121. The monoisotopic (exact) mass is 348 g/mol. The molecule has 0 spiro atoms. The Labute approximate surface area is 149 Å². The van der Waals surface area contributed by atoms with Gasteiger partial charge in [0, 0.05) is 32.1 Å². The van der Waals surface area contributed by atoms with Crippen molar-refractivity contribution >= 4 is 5.91 Å². The zero-order valence-electron chi connectivity index (χ0n) is 15.1. The van der Waals surface area contributed by atoms with Crippen molar-refractivity contribution in [1.82, 2.24) is 10.2 Å². The molecule has 1 aromatic rings. The van der Waals surface area contributed by atoms with Gasteiger partial charge in [0.1, 0.15) is 0 Å². The van der Waals surface area contributed by atoms with Crippen LogP contribution in [0.1, 0.15) is 25.8 Å². The van der Waals surface area contributed by atoms with Crippen molar-refractivity contribution in [1.29, 1.82) is 0 Å². The van der Waals surface area contributed by atoms with Crippen molar-refractivity contribution in [2.24, 2.45) is 5.92 Å². The fourth-order valence-electron chi connectivity index (χ4n) is 3.36. The third-order valence-electron chi connectivity index (χ3n) is 4.87. The second-order valence-corrected chi connectivity index (χ2v) is 6.95. The summed E-state index contributed by atoms with van der Waals surface area (Å²) in [5.41, 5.74) is 1.09. The van der Waals surface area contributed by atoms with Gasteiger partial charge in [0.15, 0.2) is 11.5 Å². The maximum Gasteiger partial charge on any atom is 0.231 e. The Balaban J connectivity index is 1.45. The van der Waals surface area contributed by atoms with Crippen LogP contribution in [0.3, 0.4) is 0 Å². The van der Waals surface area contributed by atoms with Gasteiger partial charge in [-0.1, -0.05) is 19.9 Å². The first kappa shape index (κ1) is 18.0. The molecule has 6 nitrogen and oxygen atoms in total. The molecule has 2 heterocycles. The highest BCUT2D eigenvalue weighted by Crippen LogP contribution is 2.32. The summed E-state index contributed by atoms with van der Waals surface area (Å²) in [6.45, 7) is 8.82. The summed E-state index contributed by atoms with van der Waals surface area (Å²) in [5.74, 6) is 2.13. The molecule has 0 bridgehead atoms. The van der Waals surface area contributed by atoms with Crippen LogP contribution in [0.4, 0.5) is 0 Å². The van der Waals surface area contributed by atoms with E-state index in [-0.39, 0.29) is 12.7 Å². The lowest BCUT2D eigenvalue weighted by Gasteiger charge is -2.36. The molecule has 1 fully saturated rings. The van der Waals surface area contributed by atoms with Crippen LogP contribution in [0.15, 0.2) is 18.2 Å². The first-order valence-corrected chi connectivity index (χ1v) is 9.10. The minimum Gasteiger partial charge on any atom is -0.454 e. The van der Waals surface area contributed by atoms with Gasteiger partial charge in [-0.15, -0.1) is 0 Å². The van der Waals surface area contributed by atoms with Crippen LogP contribution in [0.2, 0.25) is 0 Å². The fraction of sp³-hybridized carbons (Fsp3) is 0.632. The second kappa shape index (κ2) is 8.54. The minimum atomic E-state index is 0.0941. The highest BCUT2D eigenvalue weighted by Gasteiger charge is 2.24. The Morgan fingerprint density at radius 3 is 2.72 bits per heavy atom. The zero-order valence-corrected chi connectivity index (χ0v) is 15.1. The minimum absolute atomic E-state index is 0.0941. The Kier molecular flexibility index (Phi) is 6.15. The van der Waals surface area contributed by atoms with Gasteiger partial charge < -0.3 is 19.5 Å². The van der Waals surface area contributed by atoms with E-state index in [1.54, 1.807) is 0 Å². The number of hydrogen-bond donors (Lipinski definition) is 1. The molecule has 0 saturated carbocycles. The number of morpholine rings is 1. The molecule has 2 aliphatic heterocycles. The van der Waals surface area contributed by atoms with E-state index in [1.807, 2.05) is 18.2 Å². The molecule has 3 rings (SSSR count). The third kappa shape index (κ3) is 4.86. The van der Waals surface area contributed by atoms with E-state index in [0.29, 0.717) is 31.3 Å². The average Bonchev–Trinajstić information content (AvgIpc) is 3.08. The standard InChI is InChI=1S/C19H28N2O4/c1-14(2)16(21-7-9-23-10-8-21)12-20-19(22)6-4-15-3-5-17-18(11-15)25-13-24-17/h3,5,11,14,16H,4,6-10,12-13H2,1-2H3,(H,20,22). The molecule has 1 aromatic carbocycles. The molecular formula is C19H28N2O4. The van der Waals surface area contributed by atoms with Crippen LogP contribution < -0.4 is 14.8 Å². The molecule has 1 saturated heterocycles. The van der Waals surface area contributed by atoms with Gasteiger partial charge in [-0.25, -0.2) is 0 Å². The van der Waals surface area contributed by atoms with Gasteiger partial charge in [0.25, 0.3) is 0 Å². The van der Waals surface area contributed by atoms with Gasteiger partial charge in [-0.2, -0.15) is 0 Å². The predicted octanol–water partition coefficient (Wildman–Crippen LogP) is 1.82. The summed E-state index contributed by atoms with van der Waals surface area (Å²) >= 11 is 0. The Bertz CT molecular complexity index is 585. The number of fused-ring (bicyclic) bond motifs is 1. The van der Waals surface area contributed by atoms with Gasteiger partial charge in [-0.05, 0) is 30.0 Å². The van der Waals surface area contributed by atoms with E-state index >= 15 is 0 Å². The number of rotatable bonds is 7. The topological polar surface area (TPSA) is 60.0 Å². The number of nitrogens with one attached hydrogen (secondary N) is 1. The molecule has 1 atom stereocenters. The summed E-state index contributed by atoms with van der Waals surface area (Å²) in [4.78, 5) is 14.7. The van der Waals surface area contributed by atoms with Crippen LogP contribution >= 0.6 is 0 Å². The van der Waals surface area contributed by atoms with Gasteiger partial charge in [-0.3, -0.25) is 9.69 Å². The Morgan fingerprint density at radius 2 is 1.96 bits per heavy atom. The smallest absolute Gasteiger partial charge is 0.231 e. The van der Waals surface area contributed by atoms with E-state index in [9.17, 15) is 4.79 Å². The van der Waals surface area contributed by atoms with Crippen LogP contribution in [0.25, 0.3) is 0 Å². The number of benzene rings is 1. The summed E-state index contributed by atoms with van der Waals surface area (Å²) in [5, 5.41) is 3.11. The SMILES string of the molecule is CC(C)C(CNC(=O)CCc1ccc2c(c1)OCO2)N1CCOCC1. The number of hydrogen-bond acceptors (Lipinski definition) is 5. The molecule has 25 heavy (non-hydrogen) atoms. The molecule has 1 unspecified atom stereocenters. The number of nitrogens with zero attached hydrogens (tertiary/aromatic N) is 1. The number of aryl methyl sites for hydroxylation is 1. The van der Waals surface area contributed by atoms with Crippen LogP contribution in [0.5, 0.6) is 11.5 Å². The van der Waals surface area contributed by atoms with Gasteiger partial charge in [0.2, 0.25) is 12.7 Å². The van der Waals surface area contributed by atoms with Crippen molar-refractivity contribution in [2.45, 2.75) is 32.7 Å². The van der Waals surface area contributed by atoms with Gasteiger partial charge in [0.05, 0.1) is 13.2 Å². The Morgan fingerprint density at radius 1 is 1.20 bits per heavy atom. The number of ether oxygens (including phenoxy) is 3. The van der Waals surface area contributed by atoms with E-state index in [4.69, 9.17) is 14.2 Å². The summed E-state index contributed by atoms with van der Waals surface area (Å²) < 4.78 is 16.1. The van der Waals surface area contributed by atoms with Crippen molar-refractivity contribution in [3.63, 3.8) is 0 Å².